The minimum atomic E-state index is -4.03. The Labute approximate surface area is 143 Å². The fourth-order valence-electron chi connectivity index (χ4n) is 2.13. The van der Waals surface area contributed by atoms with Gasteiger partial charge in [-0.15, -0.1) is 0 Å². The lowest BCUT2D eigenvalue weighted by molar-refractivity contribution is -0.384. The zero-order valence-electron chi connectivity index (χ0n) is 12.5. The van der Waals surface area contributed by atoms with Gasteiger partial charge in [0.1, 0.15) is 5.69 Å². The summed E-state index contributed by atoms with van der Waals surface area (Å²) in [6.07, 6.45) is 2.05. The molecule has 132 valence electrons. The highest BCUT2D eigenvalue weighted by atomic mass is 32.2. The van der Waals surface area contributed by atoms with Crippen LogP contribution >= 0.6 is 12.2 Å². The molecule has 1 saturated heterocycles. The predicted molar refractivity (Wildman–Crippen MR) is 90.8 cm³/mol. The molecule has 0 spiro atoms. The number of primary sulfonamides is 1. The van der Waals surface area contributed by atoms with Crippen LogP contribution in [0.1, 0.15) is 12.8 Å². The minimum Gasteiger partial charge on any atom is -0.376 e. The van der Waals surface area contributed by atoms with E-state index in [0.717, 1.165) is 31.6 Å². The monoisotopic (exact) mass is 375 g/mol. The van der Waals surface area contributed by atoms with Gasteiger partial charge in [-0.2, -0.15) is 0 Å². The summed E-state index contributed by atoms with van der Waals surface area (Å²) < 4.78 is 28.0. The Balaban J connectivity index is 1.98. The van der Waals surface area contributed by atoms with Gasteiger partial charge in [0.2, 0.25) is 10.0 Å². The van der Waals surface area contributed by atoms with E-state index in [1.807, 2.05) is 0 Å². The van der Waals surface area contributed by atoms with E-state index < -0.39 is 20.6 Å². The second kappa shape index (κ2) is 7.70. The Bertz CT molecular complexity index is 733. The number of nitro benzene ring substituents is 1. The van der Waals surface area contributed by atoms with E-state index in [-0.39, 0.29) is 21.8 Å². The van der Waals surface area contributed by atoms with Gasteiger partial charge in [-0.05, 0) is 37.2 Å². The fourth-order valence-corrected chi connectivity index (χ4v) is 2.79. The van der Waals surface area contributed by atoms with Crippen LogP contribution in [0.4, 0.5) is 11.4 Å². The van der Waals surface area contributed by atoms with Crippen LogP contribution < -0.4 is 21.3 Å². The molecule has 0 aromatic heterocycles. The maximum absolute atomic E-state index is 11.3. The number of rotatable bonds is 6. The predicted octanol–water partition coefficient (Wildman–Crippen LogP) is 0.212. The first-order valence-electron chi connectivity index (χ1n) is 7.00. The number of nitro groups is 1. The number of nitrogens with zero attached hydrogens (tertiary/aromatic N) is 1. The van der Waals surface area contributed by atoms with Crippen molar-refractivity contribution < 1.29 is 18.1 Å². The van der Waals surface area contributed by atoms with Crippen LogP contribution in [0, 0.1) is 10.1 Å². The summed E-state index contributed by atoms with van der Waals surface area (Å²) in [6, 6.07) is 3.27. The summed E-state index contributed by atoms with van der Waals surface area (Å²) in [6.45, 7) is 1.26. The van der Waals surface area contributed by atoms with Gasteiger partial charge in [-0.3, -0.25) is 21.0 Å². The van der Waals surface area contributed by atoms with Gasteiger partial charge in [0.05, 0.1) is 15.9 Å². The van der Waals surface area contributed by atoms with Crippen molar-refractivity contribution in [3.8, 4) is 0 Å². The quantitative estimate of drug-likeness (QED) is 0.311. The van der Waals surface area contributed by atoms with Crippen LogP contribution in [0.25, 0.3) is 0 Å². The number of ether oxygens (including phenoxy) is 1. The molecule has 10 nitrogen and oxygen atoms in total. The summed E-state index contributed by atoms with van der Waals surface area (Å²) in [5.74, 6) is 0. The van der Waals surface area contributed by atoms with E-state index in [1.165, 1.54) is 6.07 Å². The number of hydrogen-bond acceptors (Lipinski definition) is 7. The van der Waals surface area contributed by atoms with Crippen molar-refractivity contribution >= 4 is 38.7 Å². The summed E-state index contributed by atoms with van der Waals surface area (Å²) in [4.78, 5) is 10.0. The molecule has 1 aliphatic heterocycles. The number of nitrogens with one attached hydrogen (secondary N) is 3. The van der Waals surface area contributed by atoms with Crippen LogP contribution in [0.15, 0.2) is 23.1 Å². The number of nitrogens with two attached hydrogens (primary N) is 1. The lowest BCUT2D eigenvalue weighted by Crippen LogP contribution is -2.42. The Morgan fingerprint density at radius 1 is 1.50 bits per heavy atom. The van der Waals surface area contributed by atoms with Gasteiger partial charge in [0.15, 0.2) is 5.11 Å². The highest BCUT2D eigenvalue weighted by molar-refractivity contribution is 7.89. The molecule has 1 atom stereocenters. The van der Waals surface area contributed by atoms with Gasteiger partial charge < -0.3 is 10.1 Å². The van der Waals surface area contributed by atoms with Crippen LogP contribution in [0.2, 0.25) is 0 Å². The first-order chi connectivity index (χ1) is 11.3. The number of hydrazine groups is 1. The highest BCUT2D eigenvalue weighted by Crippen LogP contribution is 2.26. The zero-order chi connectivity index (χ0) is 17.7. The van der Waals surface area contributed by atoms with Crippen molar-refractivity contribution in [2.45, 2.75) is 23.8 Å². The first kappa shape index (κ1) is 18.3. The third kappa shape index (κ3) is 4.99. The second-order valence-electron chi connectivity index (χ2n) is 5.08. The van der Waals surface area contributed by atoms with Gasteiger partial charge in [-0.25, -0.2) is 13.6 Å². The average molecular weight is 375 g/mol. The molecule has 1 heterocycles. The number of thiocarbonyl (C=S) groups is 1. The SMILES string of the molecule is NS(=O)(=O)c1ccc(NNC(=S)NCC2CCCO2)c([N+](=O)[O-])c1. The van der Waals surface area contributed by atoms with Crippen molar-refractivity contribution in [2.24, 2.45) is 5.14 Å². The van der Waals surface area contributed by atoms with E-state index in [0.29, 0.717) is 6.54 Å². The molecule has 2 rings (SSSR count). The Kier molecular flexibility index (Phi) is 5.88. The molecular formula is C12H17N5O5S2. The molecule has 12 heteroatoms. The van der Waals surface area contributed by atoms with E-state index in [1.54, 1.807) is 0 Å². The molecule has 0 saturated carbocycles. The van der Waals surface area contributed by atoms with E-state index in [2.05, 4.69) is 16.2 Å². The Morgan fingerprint density at radius 3 is 2.83 bits per heavy atom. The molecule has 1 unspecified atom stereocenters. The minimum absolute atomic E-state index is 0.0497. The first-order valence-corrected chi connectivity index (χ1v) is 8.95. The topological polar surface area (TPSA) is 149 Å². The molecule has 5 N–H and O–H groups in total. The molecule has 0 bridgehead atoms. The molecule has 1 aromatic carbocycles. The number of benzene rings is 1. The molecule has 1 aliphatic rings. The van der Waals surface area contributed by atoms with Crippen LogP contribution in [-0.4, -0.2) is 37.7 Å². The molecule has 24 heavy (non-hydrogen) atoms. The normalized spacial score (nSPS) is 17.3. The summed E-state index contributed by atoms with van der Waals surface area (Å²) in [5, 5.41) is 19.2. The Morgan fingerprint density at radius 2 is 2.25 bits per heavy atom. The summed E-state index contributed by atoms with van der Waals surface area (Å²) in [5.41, 5.74) is 4.78. The highest BCUT2D eigenvalue weighted by Gasteiger charge is 2.19. The van der Waals surface area contributed by atoms with E-state index in [9.17, 15) is 18.5 Å². The third-order valence-corrected chi connectivity index (χ3v) is 4.48. The molecule has 1 fully saturated rings. The van der Waals surface area contributed by atoms with Gasteiger partial charge in [0, 0.05) is 19.2 Å². The van der Waals surface area contributed by atoms with Crippen LogP contribution in [0.3, 0.4) is 0 Å². The molecular weight excluding hydrogens is 358 g/mol. The maximum Gasteiger partial charge on any atom is 0.295 e. The zero-order valence-corrected chi connectivity index (χ0v) is 14.2. The molecule has 0 radical (unpaired) electrons. The number of hydrogen-bond donors (Lipinski definition) is 4. The van der Waals surface area contributed by atoms with Gasteiger partial charge in [0.25, 0.3) is 5.69 Å². The lowest BCUT2D eigenvalue weighted by Gasteiger charge is -2.15. The number of anilines is 1. The Hall–Kier alpha value is -2.02. The lowest BCUT2D eigenvalue weighted by atomic mass is 10.2. The summed E-state index contributed by atoms with van der Waals surface area (Å²) in [7, 11) is -4.03. The van der Waals surface area contributed by atoms with Gasteiger partial charge in [-0.1, -0.05) is 0 Å². The van der Waals surface area contributed by atoms with Crippen LogP contribution in [-0.2, 0) is 14.8 Å². The molecule has 1 aromatic rings. The molecule has 0 aliphatic carbocycles. The van der Waals surface area contributed by atoms with Crippen molar-refractivity contribution in [3.63, 3.8) is 0 Å². The standard InChI is InChI=1S/C12H17N5O5S2/c13-24(20,21)9-3-4-10(11(6-9)17(18)19)15-16-12(23)14-7-8-2-1-5-22-8/h3-4,6,8,15H,1-2,5,7H2,(H2,13,20,21)(H2,14,16,23). The average Bonchev–Trinajstić information content (AvgIpc) is 3.03. The van der Waals surface area contributed by atoms with E-state index in [4.69, 9.17) is 22.1 Å². The van der Waals surface area contributed by atoms with Crippen LogP contribution in [0.5, 0.6) is 0 Å². The van der Waals surface area contributed by atoms with Gasteiger partial charge >= 0.3 is 0 Å². The maximum atomic E-state index is 11.3. The third-order valence-electron chi connectivity index (χ3n) is 3.32. The smallest absolute Gasteiger partial charge is 0.295 e. The summed E-state index contributed by atoms with van der Waals surface area (Å²) >= 11 is 5.06. The van der Waals surface area contributed by atoms with Crippen molar-refractivity contribution in [2.75, 3.05) is 18.6 Å². The van der Waals surface area contributed by atoms with Crippen molar-refractivity contribution in [1.29, 1.82) is 0 Å². The number of sulfonamides is 1. The van der Waals surface area contributed by atoms with E-state index >= 15 is 0 Å². The fraction of sp³-hybridized carbons (Fsp3) is 0.417. The van der Waals surface area contributed by atoms with Crippen molar-refractivity contribution in [3.05, 3.63) is 28.3 Å². The van der Waals surface area contributed by atoms with Crippen molar-refractivity contribution in [1.82, 2.24) is 10.7 Å². The molecule has 0 amide bonds. The largest absolute Gasteiger partial charge is 0.376 e. The second-order valence-corrected chi connectivity index (χ2v) is 7.05.